The number of benzene rings is 1. The summed E-state index contributed by atoms with van der Waals surface area (Å²) in [5.41, 5.74) is 0.548. The normalized spacial score (nSPS) is 10.2. The van der Waals surface area contributed by atoms with Crippen LogP contribution in [-0.4, -0.2) is 18.1 Å². The first kappa shape index (κ1) is 14.0. The topological polar surface area (TPSA) is 52.8 Å². The number of nitrogens with zero attached hydrogens (tertiary/aromatic N) is 2. The fraction of sp³-hybridized carbons (Fsp3) is 0.0625. The van der Waals surface area contributed by atoms with Crippen molar-refractivity contribution in [3.8, 4) is 11.5 Å². The highest BCUT2D eigenvalue weighted by molar-refractivity contribution is 7.20. The second-order valence-electron chi connectivity index (χ2n) is 4.36. The van der Waals surface area contributed by atoms with Crippen LogP contribution >= 0.6 is 11.3 Å². The fourth-order valence-corrected chi connectivity index (χ4v) is 2.90. The highest BCUT2D eigenvalue weighted by Crippen LogP contribution is 2.34. The van der Waals surface area contributed by atoms with E-state index in [1.54, 1.807) is 42.7 Å². The number of ether oxygens (including phenoxy) is 2. The fourth-order valence-electron chi connectivity index (χ4n) is 1.93. The van der Waals surface area contributed by atoms with Gasteiger partial charge in [-0.05, 0) is 18.2 Å². The van der Waals surface area contributed by atoms with Crippen molar-refractivity contribution in [2.24, 2.45) is 0 Å². The van der Waals surface area contributed by atoms with Gasteiger partial charge in [-0.2, -0.15) is 0 Å². The van der Waals surface area contributed by atoms with Gasteiger partial charge in [-0.15, -0.1) is 11.3 Å². The summed E-state index contributed by atoms with van der Waals surface area (Å²) in [4.78, 5) is 19.6. The molecular formula is C16H10N2O3S. The maximum Gasteiger partial charge on any atom is 0.348 e. The van der Waals surface area contributed by atoms with Gasteiger partial charge in [0.05, 0.1) is 24.6 Å². The minimum absolute atomic E-state index is 0.381. The molecule has 0 N–H and O–H groups in total. The van der Waals surface area contributed by atoms with E-state index in [0.29, 0.717) is 22.1 Å². The van der Waals surface area contributed by atoms with Gasteiger partial charge in [-0.1, -0.05) is 12.1 Å². The molecule has 0 fully saturated rings. The summed E-state index contributed by atoms with van der Waals surface area (Å²) in [7, 11) is 1.35. The minimum atomic E-state index is -0.381. The van der Waals surface area contributed by atoms with Gasteiger partial charge in [0, 0.05) is 11.6 Å². The number of hydrogen-bond donors (Lipinski definition) is 0. The Morgan fingerprint density at radius 3 is 2.73 bits per heavy atom. The van der Waals surface area contributed by atoms with Crippen LogP contribution in [0.4, 0.5) is 5.69 Å². The first-order chi connectivity index (χ1) is 10.7. The highest BCUT2D eigenvalue weighted by atomic mass is 32.1. The molecule has 0 aliphatic carbocycles. The second kappa shape index (κ2) is 5.84. The van der Waals surface area contributed by atoms with Crippen molar-refractivity contribution in [3.05, 3.63) is 59.0 Å². The number of pyridine rings is 1. The van der Waals surface area contributed by atoms with Crippen LogP contribution < -0.4 is 4.74 Å². The van der Waals surface area contributed by atoms with Crippen molar-refractivity contribution in [3.63, 3.8) is 0 Å². The third-order valence-electron chi connectivity index (χ3n) is 2.99. The number of fused-ring (bicyclic) bond motifs is 1. The zero-order valence-corrected chi connectivity index (χ0v) is 12.4. The minimum Gasteiger partial charge on any atom is -0.465 e. The molecule has 0 amide bonds. The first-order valence-corrected chi connectivity index (χ1v) is 7.14. The number of esters is 1. The lowest BCUT2D eigenvalue weighted by Crippen LogP contribution is -1.96. The van der Waals surface area contributed by atoms with Crippen LogP contribution in [-0.2, 0) is 4.74 Å². The third kappa shape index (κ3) is 2.62. The molecule has 5 nitrogen and oxygen atoms in total. The van der Waals surface area contributed by atoms with Gasteiger partial charge in [-0.25, -0.2) is 9.64 Å². The second-order valence-corrected chi connectivity index (χ2v) is 5.44. The van der Waals surface area contributed by atoms with Gasteiger partial charge < -0.3 is 9.47 Å². The standard InChI is InChI=1S/C16H10N2O3S/c1-17-10-3-5-11(6-4-10)21-13-8-18-9-15-12(13)7-14(22-15)16(19)20-2/h3-9H,2H3. The average Bonchev–Trinajstić information content (AvgIpc) is 3.00. The molecule has 6 heteroatoms. The Kier molecular flexibility index (Phi) is 3.73. The largest absolute Gasteiger partial charge is 0.465 e. The third-order valence-corrected chi connectivity index (χ3v) is 4.04. The van der Waals surface area contributed by atoms with Crippen LogP contribution in [0.5, 0.6) is 11.5 Å². The maximum atomic E-state index is 11.6. The van der Waals surface area contributed by atoms with E-state index in [1.807, 2.05) is 0 Å². The van der Waals surface area contributed by atoms with E-state index >= 15 is 0 Å². The molecule has 0 spiro atoms. The highest BCUT2D eigenvalue weighted by Gasteiger charge is 2.14. The SMILES string of the molecule is [C-]#[N+]c1ccc(Oc2cncc3sc(C(=O)OC)cc23)cc1. The van der Waals surface area contributed by atoms with Gasteiger partial charge >= 0.3 is 5.97 Å². The lowest BCUT2D eigenvalue weighted by molar-refractivity contribution is 0.0606. The van der Waals surface area contributed by atoms with Crippen LogP contribution in [0.3, 0.4) is 0 Å². The van der Waals surface area contributed by atoms with E-state index in [4.69, 9.17) is 16.0 Å². The van der Waals surface area contributed by atoms with Crippen LogP contribution in [0, 0.1) is 6.57 Å². The summed E-state index contributed by atoms with van der Waals surface area (Å²) in [5.74, 6) is 0.778. The van der Waals surface area contributed by atoms with Crippen molar-refractivity contribution >= 4 is 33.1 Å². The van der Waals surface area contributed by atoms with Crippen molar-refractivity contribution in [2.75, 3.05) is 7.11 Å². The monoisotopic (exact) mass is 310 g/mol. The molecule has 108 valence electrons. The molecule has 0 saturated heterocycles. The number of methoxy groups -OCH3 is 1. The molecule has 0 aliphatic heterocycles. The number of hydrogen-bond acceptors (Lipinski definition) is 5. The first-order valence-electron chi connectivity index (χ1n) is 6.32. The zero-order valence-electron chi connectivity index (χ0n) is 11.6. The lowest BCUT2D eigenvalue weighted by atomic mass is 10.2. The van der Waals surface area contributed by atoms with Gasteiger partial charge in [0.15, 0.2) is 11.4 Å². The average molecular weight is 310 g/mol. The van der Waals surface area contributed by atoms with Gasteiger partial charge in [-0.3, -0.25) is 4.98 Å². The Morgan fingerprint density at radius 1 is 1.27 bits per heavy atom. The summed E-state index contributed by atoms with van der Waals surface area (Å²) in [6.45, 7) is 6.94. The Labute approximate surface area is 130 Å². The van der Waals surface area contributed by atoms with E-state index < -0.39 is 0 Å². The van der Waals surface area contributed by atoms with E-state index in [1.165, 1.54) is 18.4 Å². The van der Waals surface area contributed by atoms with E-state index in [9.17, 15) is 4.79 Å². The predicted molar refractivity (Wildman–Crippen MR) is 83.7 cm³/mol. The van der Waals surface area contributed by atoms with Crippen LogP contribution in [0.2, 0.25) is 0 Å². The Balaban J connectivity index is 1.97. The maximum absolute atomic E-state index is 11.6. The molecule has 3 aromatic rings. The predicted octanol–water partition coefficient (Wildman–Crippen LogP) is 4.43. The molecule has 2 aromatic heterocycles. The Hall–Kier alpha value is -2.91. The molecule has 22 heavy (non-hydrogen) atoms. The van der Waals surface area contributed by atoms with E-state index in [2.05, 4.69) is 9.83 Å². The van der Waals surface area contributed by atoms with Gasteiger partial charge in [0.1, 0.15) is 10.6 Å². The van der Waals surface area contributed by atoms with E-state index in [0.717, 1.165) is 10.1 Å². The number of aromatic nitrogens is 1. The molecule has 3 rings (SSSR count). The van der Waals surface area contributed by atoms with Crippen LogP contribution in [0.1, 0.15) is 9.67 Å². The Morgan fingerprint density at radius 2 is 2.05 bits per heavy atom. The van der Waals surface area contributed by atoms with Crippen molar-refractivity contribution < 1.29 is 14.3 Å². The quantitative estimate of drug-likeness (QED) is 0.530. The molecule has 0 atom stereocenters. The zero-order chi connectivity index (χ0) is 15.5. The van der Waals surface area contributed by atoms with Gasteiger partial charge in [0.25, 0.3) is 0 Å². The summed E-state index contributed by atoms with van der Waals surface area (Å²) in [5, 5.41) is 0.801. The van der Waals surface area contributed by atoms with Crippen LogP contribution in [0.15, 0.2) is 42.7 Å². The number of rotatable bonds is 3. The number of thiophene rings is 1. The smallest absolute Gasteiger partial charge is 0.348 e. The van der Waals surface area contributed by atoms with Crippen molar-refractivity contribution in [2.45, 2.75) is 0 Å². The molecule has 0 saturated carbocycles. The Bertz CT molecular complexity index is 879. The summed E-state index contributed by atoms with van der Waals surface area (Å²) < 4.78 is 11.4. The molecule has 1 aromatic carbocycles. The van der Waals surface area contributed by atoms with Gasteiger partial charge in [0.2, 0.25) is 0 Å². The summed E-state index contributed by atoms with van der Waals surface area (Å²) in [6, 6.07) is 8.54. The molecule has 0 unspecified atom stereocenters. The molecule has 0 bridgehead atoms. The summed E-state index contributed by atoms with van der Waals surface area (Å²) in [6.07, 6.45) is 3.28. The number of carbonyl (C=O) groups excluding carboxylic acids is 1. The number of carbonyl (C=O) groups is 1. The van der Waals surface area contributed by atoms with E-state index in [-0.39, 0.29) is 5.97 Å². The van der Waals surface area contributed by atoms with Crippen LogP contribution in [0.25, 0.3) is 14.9 Å². The van der Waals surface area contributed by atoms with Crippen molar-refractivity contribution in [1.29, 1.82) is 0 Å². The molecule has 0 radical (unpaired) electrons. The lowest BCUT2D eigenvalue weighted by Gasteiger charge is -2.06. The summed E-state index contributed by atoms with van der Waals surface area (Å²) >= 11 is 1.30. The van der Waals surface area contributed by atoms with Crippen molar-refractivity contribution in [1.82, 2.24) is 4.98 Å². The molecule has 2 heterocycles. The molecular weight excluding hydrogens is 300 g/mol. The molecule has 0 aliphatic rings.